The van der Waals surface area contributed by atoms with Gasteiger partial charge in [-0.3, -0.25) is 4.79 Å². The lowest BCUT2D eigenvalue weighted by Gasteiger charge is -2.05. The second-order valence-corrected chi connectivity index (χ2v) is 5.73. The highest BCUT2D eigenvalue weighted by atomic mass is 32.1. The Bertz CT molecular complexity index is 593. The average molecular weight is 290 g/mol. The van der Waals surface area contributed by atoms with Gasteiger partial charge < -0.3 is 10.1 Å². The SMILES string of the molecule is COc1cccc(-c2nc(C(=O)NCC(C)C)cs2)c1. The molecule has 4 nitrogen and oxygen atoms in total. The highest BCUT2D eigenvalue weighted by Crippen LogP contribution is 2.26. The van der Waals surface area contributed by atoms with E-state index in [-0.39, 0.29) is 5.91 Å². The highest BCUT2D eigenvalue weighted by Gasteiger charge is 2.12. The topological polar surface area (TPSA) is 51.2 Å². The zero-order chi connectivity index (χ0) is 14.5. The first-order valence-corrected chi connectivity index (χ1v) is 7.36. The quantitative estimate of drug-likeness (QED) is 0.920. The second-order valence-electron chi connectivity index (χ2n) is 4.87. The summed E-state index contributed by atoms with van der Waals surface area (Å²) in [4.78, 5) is 16.3. The number of ether oxygens (including phenoxy) is 1. The maximum Gasteiger partial charge on any atom is 0.270 e. The number of nitrogens with one attached hydrogen (secondary N) is 1. The van der Waals surface area contributed by atoms with E-state index < -0.39 is 0 Å². The Labute approximate surface area is 122 Å². The Morgan fingerprint density at radius 2 is 2.25 bits per heavy atom. The van der Waals surface area contributed by atoms with E-state index >= 15 is 0 Å². The molecule has 0 radical (unpaired) electrons. The van der Waals surface area contributed by atoms with Gasteiger partial charge in [-0.1, -0.05) is 26.0 Å². The second kappa shape index (κ2) is 6.52. The van der Waals surface area contributed by atoms with E-state index in [1.165, 1.54) is 11.3 Å². The standard InChI is InChI=1S/C15H18N2O2S/c1-10(2)8-16-14(18)13-9-20-15(17-13)11-5-4-6-12(7-11)19-3/h4-7,9-10H,8H2,1-3H3,(H,16,18). The van der Waals surface area contributed by atoms with Crippen LogP contribution in [0, 0.1) is 5.92 Å². The fraction of sp³-hybridized carbons (Fsp3) is 0.333. The van der Waals surface area contributed by atoms with E-state index in [2.05, 4.69) is 24.1 Å². The van der Waals surface area contributed by atoms with Crippen molar-refractivity contribution in [3.05, 3.63) is 35.3 Å². The normalized spacial score (nSPS) is 10.6. The third-order valence-corrected chi connectivity index (χ3v) is 3.62. The van der Waals surface area contributed by atoms with Gasteiger partial charge in [0.1, 0.15) is 16.5 Å². The van der Waals surface area contributed by atoms with Crippen LogP contribution in [0.2, 0.25) is 0 Å². The first-order chi connectivity index (χ1) is 9.60. The summed E-state index contributed by atoms with van der Waals surface area (Å²) in [6, 6.07) is 7.66. The molecule has 1 aromatic carbocycles. The van der Waals surface area contributed by atoms with Gasteiger partial charge in [-0.2, -0.15) is 0 Å². The maximum absolute atomic E-state index is 11.9. The van der Waals surface area contributed by atoms with E-state index in [0.29, 0.717) is 18.2 Å². The summed E-state index contributed by atoms with van der Waals surface area (Å²) >= 11 is 1.46. The summed E-state index contributed by atoms with van der Waals surface area (Å²) < 4.78 is 5.19. The third-order valence-electron chi connectivity index (χ3n) is 2.72. The van der Waals surface area contributed by atoms with Gasteiger partial charge >= 0.3 is 0 Å². The number of aromatic nitrogens is 1. The van der Waals surface area contributed by atoms with Gasteiger partial charge in [0.2, 0.25) is 0 Å². The van der Waals surface area contributed by atoms with Crippen molar-refractivity contribution in [1.29, 1.82) is 0 Å². The lowest BCUT2D eigenvalue weighted by atomic mass is 10.2. The Kier molecular flexibility index (Phi) is 4.74. The van der Waals surface area contributed by atoms with Gasteiger partial charge in [0, 0.05) is 17.5 Å². The fourth-order valence-corrected chi connectivity index (χ4v) is 2.45. The summed E-state index contributed by atoms with van der Waals surface area (Å²) in [5.41, 5.74) is 1.42. The van der Waals surface area contributed by atoms with Gasteiger partial charge in [-0.25, -0.2) is 4.98 Å². The molecule has 0 aliphatic rings. The van der Waals surface area contributed by atoms with E-state index in [1.807, 2.05) is 24.3 Å². The van der Waals surface area contributed by atoms with Crippen molar-refractivity contribution in [3.8, 4) is 16.3 Å². The molecule has 1 amide bonds. The van der Waals surface area contributed by atoms with Crippen molar-refractivity contribution in [2.45, 2.75) is 13.8 Å². The number of hydrogen-bond donors (Lipinski definition) is 1. The number of nitrogens with zero attached hydrogens (tertiary/aromatic N) is 1. The summed E-state index contributed by atoms with van der Waals surface area (Å²) in [5, 5.41) is 5.47. The molecule has 2 rings (SSSR count). The number of hydrogen-bond acceptors (Lipinski definition) is 4. The van der Waals surface area contributed by atoms with Gasteiger partial charge in [-0.15, -0.1) is 11.3 Å². The number of carbonyl (C=O) groups is 1. The van der Waals surface area contributed by atoms with E-state index in [4.69, 9.17) is 4.74 Å². The molecule has 5 heteroatoms. The minimum absolute atomic E-state index is 0.121. The molecule has 106 valence electrons. The molecule has 1 N–H and O–H groups in total. The van der Waals surface area contributed by atoms with Crippen LogP contribution < -0.4 is 10.1 Å². The molecule has 0 unspecified atom stereocenters. The van der Waals surface area contributed by atoms with Crippen LogP contribution in [-0.2, 0) is 0 Å². The van der Waals surface area contributed by atoms with Crippen LogP contribution in [0.5, 0.6) is 5.75 Å². The Hall–Kier alpha value is -1.88. The van der Waals surface area contributed by atoms with Crippen LogP contribution in [0.4, 0.5) is 0 Å². The van der Waals surface area contributed by atoms with Crippen molar-refractivity contribution in [2.75, 3.05) is 13.7 Å². The van der Waals surface area contributed by atoms with Crippen molar-refractivity contribution in [1.82, 2.24) is 10.3 Å². The molecule has 0 aliphatic heterocycles. The molecule has 0 saturated heterocycles. The number of carbonyl (C=O) groups excluding carboxylic acids is 1. The van der Waals surface area contributed by atoms with Crippen LogP contribution in [0.1, 0.15) is 24.3 Å². The summed E-state index contributed by atoms with van der Waals surface area (Å²) in [6.45, 7) is 4.77. The van der Waals surface area contributed by atoms with Crippen LogP contribution in [0.3, 0.4) is 0 Å². The van der Waals surface area contributed by atoms with Gasteiger partial charge in [0.15, 0.2) is 0 Å². The molecule has 1 heterocycles. The van der Waals surface area contributed by atoms with Crippen LogP contribution in [0.15, 0.2) is 29.6 Å². The van der Waals surface area contributed by atoms with E-state index in [9.17, 15) is 4.79 Å². The number of thiazole rings is 1. The Morgan fingerprint density at radius 3 is 2.95 bits per heavy atom. The molecule has 0 fully saturated rings. The smallest absolute Gasteiger partial charge is 0.270 e. The van der Waals surface area contributed by atoms with Gasteiger partial charge in [0.25, 0.3) is 5.91 Å². The lowest BCUT2D eigenvalue weighted by Crippen LogP contribution is -2.27. The molecule has 2 aromatic rings. The zero-order valence-corrected chi connectivity index (χ0v) is 12.7. The van der Waals surface area contributed by atoms with E-state index in [1.54, 1.807) is 12.5 Å². The van der Waals surface area contributed by atoms with Crippen LogP contribution >= 0.6 is 11.3 Å². The fourth-order valence-electron chi connectivity index (χ4n) is 1.65. The summed E-state index contributed by atoms with van der Waals surface area (Å²) in [6.07, 6.45) is 0. The molecular weight excluding hydrogens is 272 g/mol. The molecular formula is C15H18N2O2S. The number of rotatable bonds is 5. The predicted octanol–water partition coefficient (Wildman–Crippen LogP) is 3.20. The van der Waals surface area contributed by atoms with Crippen LogP contribution in [0.25, 0.3) is 10.6 Å². The highest BCUT2D eigenvalue weighted by molar-refractivity contribution is 7.13. The van der Waals surface area contributed by atoms with Crippen molar-refractivity contribution in [2.24, 2.45) is 5.92 Å². The van der Waals surface area contributed by atoms with Gasteiger partial charge in [0.05, 0.1) is 7.11 Å². The number of benzene rings is 1. The third kappa shape index (κ3) is 3.57. The Balaban J connectivity index is 2.13. The largest absolute Gasteiger partial charge is 0.497 e. The first kappa shape index (κ1) is 14.5. The molecule has 0 aliphatic carbocycles. The van der Waals surface area contributed by atoms with Crippen molar-refractivity contribution < 1.29 is 9.53 Å². The minimum Gasteiger partial charge on any atom is -0.497 e. The Morgan fingerprint density at radius 1 is 1.45 bits per heavy atom. The average Bonchev–Trinajstić information content (AvgIpc) is 2.94. The zero-order valence-electron chi connectivity index (χ0n) is 11.8. The van der Waals surface area contributed by atoms with E-state index in [0.717, 1.165) is 16.3 Å². The first-order valence-electron chi connectivity index (χ1n) is 6.48. The monoisotopic (exact) mass is 290 g/mol. The molecule has 0 bridgehead atoms. The van der Waals surface area contributed by atoms with Crippen molar-refractivity contribution >= 4 is 17.2 Å². The summed E-state index contributed by atoms with van der Waals surface area (Å²) in [5.74, 6) is 1.09. The molecule has 0 atom stereocenters. The molecule has 0 saturated carbocycles. The predicted molar refractivity (Wildman–Crippen MR) is 81.3 cm³/mol. The number of amides is 1. The molecule has 20 heavy (non-hydrogen) atoms. The van der Waals surface area contributed by atoms with Crippen LogP contribution in [-0.4, -0.2) is 24.5 Å². The summed E-state index contributed by atoms with van der Waals surface area (Å²) in [7, 11) is 1.63. The lowest BCUT2D eigenvalue weighted by molar-refractivity contribution is 0.0945. The maximum atomic E-state index is 11.9. The minimum atomic E-state index is -0.121. The van der Waals surface area contributed by atoms with Crippen molar-refractivity contribution in [3.63, 3.8) is 0 Å². The number of methoxy groups -OCH3 is 1. The molecule has 1 aromatic heterocycles. The molecule has 0 spiro atoms. The van der Waals surface area contributed by atoms with Gasteiger partial charge in [-0.05, 0) is 18.1 Å².